The highest BCUT2D eigenvalue weighted by molar-refractivity contribution is 5.80. The number of carbonyl (C=O) groups is 1. The topological polar surface area (TPSA) is 74.2 Å². The van der Waals surface area contributed by atoms with Crippen molar-refractivity contribution in [3.8, 4) is 0 Å². The largest absolute Gasteiger partial charge is 0.369 e. The number of nitrogens with zero attached hydrogens (tertiary/aromatic N) is 5. The van der Waals surface area contributed by atoms with Gasteiger partial charge in [-0.2, -0.15) is 0 Å². The number of pyridine rings is 1. The fourth-order valence-corrected chi connectivity index (χ4v) is 4.40. The lowest BCUT2D eigenvalue weighted by atomic mass is 9.96. The molecule has 2 atom stereocenters. The molecule has 2 aromatic heterocycles. The van der Waals surface area contributed by atoms with E-state index in [0.717, 1.165) is 56.8 Å². The maximum atomic E-state index is 12.7. The molecule has 150 valence electrons. The highest BCUT2D eigenvalue weighted by Crippen LogP contribution is 2.24. The van der Waals surface area contributed by atoms with E-state index in [9.17, 15) is 4.79 Å². The van der Waals surface area contributed by atoms with E-state index in [1.165, 1.54) is 19.3 Å². The number of amides is 1. The summed E-state index contributed by atoms with van der Waals surface area (Å²) < 4.78 is 0. The monoisotopic (exact) mass is 382 g/mol. The molecule has 0 aromatic carbocycles. The molecule has 2 aromatic rings. The minimum atomic E-state index is 0.0325. The third-order valence-corrected chi connectivity index (χ3v) is 6.11. The van der Waals surface area contributed by atoms with Crippen LogP contribution in [-0.4, -0.2) is 64.5 Å². The van der Waals surface area contributed by atoms with Crippen LogP contribution in [0.5, 0.6) is 0 Å². The van der Waals surface area contributed by atoms with Crippen LogP contribution in [0.25, 0.3) is 11.2 Å². The zero-order valence-corrected chi connectivity index (χ0v) is 16.7. The number of hydrogen-bond donors (Lipinski definition) is 1. The van der Waals surface area contributed by atoms with Gasteiger partial charge in [-0.3, -0.25) is 14.7 Å². The number of nitrogens with one attached hydrogen (secondary N) is 1. The molecule has 2 aliphatic heterocycles. The highest BCUT2D eigenvalue weighted by atomic mass is 16.1. The Kier molecular flexibility index (Phi) is 6.00. The molecule has 4 rings (SSSR count). The van der Waals surface area contributed by atoms with E-state index in [4.69, 9.17) is 0 Å². The number of likely N-dealkylation sites (tertiary alicyclic amines) is 1. The Hall–Kier alpha value is -2.28. The van der Waals surface area contributed by atoms with Crippen molar-refractivity contribution in [1.29, 1.82) is 0 Å². The van der Waals surface area contributed by atoms with E-state index in [1.54, 1.807) is 12.4 Å². The van der Waals surface area contributed by atoms with Gasteiger partial charge in [-0.05, 0) is 45.2 Å². The van der Waals surface area contributed by atoms with Crippen LogP contribution in [0, 0.1) is 5.92 Å². The van der Waals surface area contributed by atoms with Crippen LogP contribution in [0.3, 0.4) is 0 Å². The Morgan fingerprint density at radius 1 is 1.14 bits per heavy atom. The summed E-state index contributed by atoms with van der Waals surface area (Å²) in [7, 11) is 0. The van der Waals surface area contributed by atoms with Crippen LogP contribution in [0.2, 0.25) is 0 Å². The molecule has 1 amide bonds. The normalized spacial score (nSPS) is 23.7. The summed E-state index contributed by atoms with van der Waals surface area (Å²) >= 11 is 0. The lowest BCUT2D eigenvalue weighted by molar-refractivity contribution is -0.125. The first-order valence-electron chi connectivity index (χ1n) is 10.5. The van der Waals surface area contributed by atoms with Crippen LogP contribution in [-0.2, 0) is 4.79 Å². The van der Waals surface area contributed by atoms with Crippen molar-refractivity contribution < 1.29 is 4.79 Å². The van der Waals surface area contributed by atoms with Gasteiger partial charge in [0.1, 0.15) is 5.52 Å². The Morgan fingerprint density at radius 2 is 2.04 bits per heavy atom. The second-order valence-electron chi connectivity index (χ2n) is 8.05. The first-order valence-corrected chi connectivity index (χ1v) is 10.5. The average molecular weight is 383 g/mol. The molecule has 7 heteroatoms. The van der Waals surface area contributed by atoms with E-state index >= 15 is 0 Å². The third kappa shape index (κ3) is 4.41. The predicted molar refractivity (Wildman–Crippen MR) is 110 cm³/mol. The van der Waals surface area contributed by atoms with Crippen molar-refractivity contribution in [2.45, 2.75) is 45.1 Å². The van der Waals surface area contributed by atoms with E-state index in [0.29, 0.717) is 11.7 Å². The Morgan fingerprint density at radius 3 is 2.93 bits per heavy atom. The Bertz CT molecular complexity index is 812. The van der Waals surface area contributed by atoms with Gasteiger partial charge < -0.3 is 10.2 Å². The molecule has 1 N–H and O–H groups in total. The lowest BCUT2D eigenvalue weighted by Gasteiger charge is -2.35. The smallest absolute Gasteiger partial charge is 0.224 e. The Labute approximate surface area is 166 Å². The molecule has 2 unspecified atom stereocenters. The van der Waals surface area contributed by atoms with Crippen LogP contribution < -0.4 is 10.2 Å². The zero-order valence-electron chi connectivity index (χ0n) is 16.7. The highest BCUT2D eigenvalue weighted by Gasteiger charge is 2.26. The van der Waals surface area contributed by atoms with Gasteiger partial charge in [0.25, 0.3) is 0 Å². The first kappa shape index (κ1) is 19.1. The lowest BCUT2D eigenvalue weighted by Crippen LogP contribution is -2.46. The van der Waals surface area contributed by atoms with Crippen LogP contribution in [0.1, 0.15) is 39.0 Å². The number of hydrogen-bond acceptors (Lipinski definition) is 6. The summed E-state index contributed by atoms with van der Waals surface area (Å²) in [6.45, 7) is 6.83. The van der Waals surface area contributed by atoms with Gasteiger partial charge in [0.15, 0.2) is 5.65 Å². The first-order chi connectivity index (χ1) is 13.7. The maximum Gasteiger partial charge on any atom is 0.224 e. The molecule has 2 aliphatic rings. The van der Waals surface area contributed by atoms with Gasteiger partial charge in [-0.15, -0.1) is 0 Å². The number of piperidine rings is 2. The molecule has 0 saturated carbocycles. The molecule has 0 spiro atoms. The molecule has 28 heavy (non-hydrogen) atoms. The summed E-state index contributed by atoms with van der Waals surface area (Å²) in [6.07, 6.45) is 11.0. The molecule has 0 aliphatic carbocycles. The van der Waals surface area contributed by atoms with Gasteiger partial charge in [0, 0.05) is 44.6 Å². The molecule has 2 saturated heterocycles. The third-order valence-electron chi connectivity index (χ3n) is 6.11. The van der Waals surface area contributed by atoms with Crippen molar-refractivity contribution in [3.63, 3.8) is 0 Å². The van der Waals surface area contributed by atoms with Crippen LogP contribution in [0.15, 0.2) is 24.7 Å². The van der Waals surface area contributed by atoms with Crippen molar-refractivity contribution >= 4 is 22.8 Å². The quantitative estimate of drug-likeness (QED) is 0.855. The van der Waals surface area contributed by atoms with Crippen molar-refractivity contribution in [2.24, 2.45) is 5.92 Å². The molecular formula is C21H30N6O. The summed E-state index contributed by atoms with van der Waals surface area (Å²) in [4.78, 5) is 30.5. The van der Waals surface area contributed by atoms with Gasteiger partial charge >= 0.3 is 0 Å². The van der Waals surface area contributed by atoms with Crippen molar-refractivity contribution in [1.82, 2.24) is 25.2 Å². The average Bonchev–Trinajstić information content (AvgIpc) is 2.75. The van der Waals surface area contributed by atoms with Gasteiger partial charge in [-0.25, -0.2) is 9.97 Å². The second kappa shape index (κ2) is 8.82. The van der Waals surface area contributed by atoms with E-state index < -0.39 is 0 Å². The number of anilines is 1. The number of fused-ring (bicyclic) bond motifs is 1. The summed E-state index contributed by atoms with van der Waals surface area (Å²) in [6, 6.07) is 2.66. The predicted octanol–water partition coefficient (Wildman–Crippen LogP) is 2.23. The molecular weight excluding hydrogens is 352 g/mol. The van der Waals surface area contributed by atoms with Crippen molar-refractivity contribution in [2.75, 3.05) is 37.6 Å². The number of aromatic nitrogens is 3. The SMILES string of the molecule is CC1CCCCN1CCNC(=O)C1CCCN(c2cnc3nccnc3c2)C1. The molecule has 4 heterocycles. The minimum Gasteiger partial charge on any atom is -0.369 e. The van der Waals surface area contributed by atoms with E-state index in [2.05, 4.69) is 37.0 Å². The van der Waals surface area contributed by atoms with Crippen LogP contribution in [0.4, 0.5) is 5.69 Å². The summed E-state index contributed by atoms with van der Waals surface area (Å²) in [5.74, 6) is 0.216. The summed E-state index contributed by atoms with van der Waals surface area (Å²) in [5, 5.41) is 3.18. The molecule has 7 nitrogen and oxygen atoms in total. The standard InChI is InChI=1S/C21H30N6O/c1-16-5-2-3-10-26(16)12-9-24-21(28)17-6-4-11-27(15-17)18-13-19-20(25-14-18)23-8-7-22-19/h7-8,13-14,16-17H,2-6,9-12,15H2,1H3,(H,24,28). The summed E-state index contributed by atoms with van der Waals surface area (Å²) in [5.41, 5.74) is 2.47. The van der Waals surface area contributed by atoms with Gasteiger partial charge in [-0.1, -0.05) is 6.42 Å². The second-order valence-corrected chi connectivity index (χ2v) is 8.05. The fraction of sp³-hybridized carbons (Fsp3) is 0.619. The van der Waals surface area contributed by atoms with Crippen LogP contribution >= 0.6 is 0 Å². The van der Waals surface area contributed by atoms with E-state index in [1.807, 2.05) is 12.3 Å². The van der Waals surface area contributed by atoms with E-state index in [-0.39, 0.29) is 11.8 Å². The molecule has 0 radical (unpaired) electrons. The number of rotatable bonds is 5. The number of carbonyl (C=O) groups excluding carboxylic acids is 1. The minimum absolute atomic E-state index is 0.0325. The fourth-order valence-electron chi connectivity index (χ4n) is 4.40. The van der Waals surface area contributed by atoms with Gasteiger partial charge in [0.2, 0.25) is 5.91 Å². The zero-order chi connectivity index (χ0) is 19.3. The van der Waals surface area contributed by atoms with Gasteiger partial charge in [0.05, 0.1) is 17.8 Å². The molecule has 2 fully saturated rings. The Balaban J connectivity index is 1.31. The van der Waals surface area contributed by atoms with Crippen molar-refractivity contribution in [3.05, 3.63) is 24.7 Å². The maximum absolute atomic E-state index is 12.7. The molecule has 0 bridgehead atoms.